The molecule has 0 fully saturated rings. The first kappa shape index (κ1) is 25.5. The summed E-state index contributed by atoms with van der Waals surface area (Å²) in [6.07, 6.45) is 0.173. The minimum absolute atomic E-state index is 0.173. The third kappa shape index (κ3) is 4.50. The van der Waals surface area contributed by atoms with Crippen molar-refractivity contribution in [3.63, 3.8) is 0 Å². The molecule has 0 radical (unpaired) electrons. The number of halogens is 1. The van der Waals surface area contributed by atoms with E-state index in [0.717, 1.165) is 38.7 Å². The number of nitrogens with zero attached hydrogens (tertiary/aromatic N) is 2. The molecule has 4 aromatic carbocycles. The third-order valence-electron chi connectivity index (χ3n) is 6.48. The molecule has 0 saturated heterocycles. The van der Waals surface area contributed by atoms with E-state index < -0.39 is 15.8 Å². The molecule has 0 heterocycles. The second kappa shape index (κ2) is 9.45. The minimum atomic E-state index is -3.87. The van der Waals surface area contributed by atoms with Crippen LogP contribution in [0.1, 0.15) is 22.3 Å². The Morgan fingerprint density at radius 1 is 0.639 bits per heavy atom. The molecular formula is C28H26ClN2O4P. The van der Waals surface area contributed by atoms with Gasteiger partial charge in [-0.05, 0) is 0 Å². The Morgan fingerprint density at radius 3 is 1.31 bits per heavy atom. The zero-order valence-corrected chi connectivity index (χ0v) is 21.9. The van der Waals surface area contributed by atoms with Crippen LogP contribution < -0.4 is 15.9 Å². The van der Waals surface area contributed by atoms with Gasteiger partial charge in [-0.25, -0.2) is 0 Å². The Bertz CT molecular complexity index is 1360. The van der Waals surface area contributed by atoms with Crippen molar-refractivity contribution in [2.45, 2.75) is 26.9 Å². The molecule has 0 spiro atoms. The van der Waals surface area contributed by atoms with E-state index in [2.05, 4.69) is 18.2 Å². The number of rotatable bonds is 7. The summed E-state index contributed by atoms with van der Waals surface area (Å²) in [5.74, 6) is -3.87. The monoisotopic (exact) mass is 520 g/mol. The molecule has 8 heteroatoms. The molecule has 0 bridgehead atoms. The Labute approximate surface area is 214 Å². The van der Waals surface area contributed by atoms with E-state index >= 15 is 0 Å². The van der Waals surface area contributed by atoms with Gasteiger partial charge in [-0.3, -0.25) is 0 Å². The molecule has 6 nitrogen and oxygen atoms in total. The van der Waals surface area contributed by atoms with Crippen LogP contribution in [0.15, 0.2) is 91.0 Å². The van der Waals surface area contributed by atoms with Crippen molar-refractivity contribution in [1.82, 2.24) is 0 Å². The maximum atomic E-state index is 11.7. The van der Waals surface area contributed by atoms with Crippen LogP contribution in [0, 0.1) is 41.0 Å². The summed E-state index contributed by atoms with van der Waals surface area (Å²) in [6.45, 7) is 5.98. The molecule has 0 saturated carbocycles. The average molecular weight is 521 g/mol. The molecular weight excluding hydrogens is 495 g/mol. The fraction of sp³-hybridized carbons (Fsp3) is 0.143. The van der Waals surface area contributed by atoms with E-state index in [1.54, 1.807) is 0 Å². The van der Waals surface area contributed by atoms with Crippen molar-refractivity contribution in [1.29, 1.82) is 0 Å². The number of aryl methyl sites for hydroxylation is 3. The van der Waals surface area contributed by atoms with Gasteiger partial charge in [0.1, 0.15) is 0 Å². The van der Waals surface area contributed by atoms with Gasteiger partial charge in [-0.15, -0.1) is 0 Å². The van der Waals surface area contributed by atoms with Crippen LogP contribution in [-0.4, -0.2) is 9.85 Å². The molecule has 4 aromatic rings. The molecule has 0 atom stereocenters. The van der Waals surface area contributed by atoms with Gasteiger partial charge in [0.25, 0.3) is 0 Å². The molecule has 0 amide bonds. The second-order valence-corrected chi connectivity index (χ2v) is 15.7. The van der Waals surface area contributed by atoms with Crippen LogP contribution in [0.25, 0.3) is 0 Å². The van der Waals surface area contributed by atoms with Crippen LogP contribution in [0.5, 0.6) is 0 Å². The van der Waals surface area contributed by atoms with Crippen LogP contribution >= 0.6 is 17.2 Å². The molecule has 36 heavy (non-hydrogen) atoms. The number of hydrogen-bond acceptors (Lipinski definition) is 4. The van der Waals surface area contributed by atoms with Crippen LogP contribution in [0.4, 0.5) is 11.4 Å². The van der Waals surface area contributed by atoms with Crippen molar-refractivity contribution < 1.29 is 9.85 Å². The summed E-state index contributed by atoms with van der Waals surface area (Å²) in [6, 6.07) is 27.8. The van der Waals surface area contributed by atoms with Gasteiger partial charge >= 0.3 is 215 Å². The molecule has 0 aromatic heterocycles. The second-order valence-electron chi connectivity index (χ2n) is 9.23. The van der Waals surface area contributed by atoms with E-state index in [1.807, 2.05) is 75.4 Å². The fourth-order valence-electron chi connectivity index (χ4n) is 4.78. The summed E-state index contributed by atoms with van der Waals surface area (Å²) in [5, 5.41) is 26.0. The topological polar surface area (TPSA) is 86.3 Å². The van der Waals surface area contributed by atoms with Crippen molar-refractivity contribution >= 4 is 44.5 Å². The van der Waals surface area contributed by atoms with Crippen molar-refractivity contribution in [3.8, 4) is 0 Å². The van der Waals surface area contributed by atoms with Crippen LogP contribution in [0.3, 0.4) is 0 Å². The zero-order valence-electron chi connectivity index (χ0n) is 20.2. The van der Waals surface area contributed by atoms with E-state index in [9.17, 15) is 20.2 Å². The molecule has 0 aliphatic rings. The maximum absolute atomic E-state index is 11.7. The van der Waals surface area contributed by atoms with Crippen LogP contribution in [-0.2, 0) is 6.16 Å². The van der Waals surface area contributed by atoms with Gasteiger partial charge < -0.3 is 0 Å². The molecule has 4 rings (SSSR count). The SMILES string of the molecule is Cc1cccc(P(Cl)(Cc2cc([N+](=O)[O-])cc([N+](=O)[O-])c2)(c2cccc(C)c2)c2cccc(C)c2)c1. The van der Waals surface area contributed by atoms with Gasteiger partial charge in [0.05, 0.1) is 0 Å². The summed E-state index contributed by atoms with van der Waals surface area (Å²) in [7, 11) is 0. The number of non-ortho nitro benzene ring substituents is 2. The van der Waals surface area contributed by atoms with Crippen LogP contribution in [0.2, 0.25) is 0 Å². The normalized spacial score (nSPS) is 12.5. The van der Waals surface area contributed by atoms with Crippen molar-refractivity contribution in [2.24, 2.45) is 0 Å². The van der Waals surface area contributed by atoms with Gasteiger partial charge in [-0.2, -0.15) is 0 Å². The Hall–Kier alpha value is -3.60. The Morgan fingerprint density at radius 2 is 1.00 bits per heavy atom. The third-order valence-corrected chi connectivity index (χ3v) is 13.6. The molecule has 0 N–H and O–H groups in total. The van der Waals surface area contributed by atoms with Crippen molar-refractivity contribution in [3.05, 3.63) is 133 Å². The Kier molecular flexibility index (Phi) is 6.70. The standard InChI is InChI=1S/C28H26ClN2O4P/c1-20-7-4-10-26(13-20)36(29,27-11-5-8-21(2)14-27,28-12-6-9-22(3)15-28)19-23-16-24(30(32)33)18-25(17-23)31(34)35/h4-18H,19H2,1-3H3. The number of hydrogen-bond donors (Lipinski definition) is 0. The molecule has 0 unspecified atom stereocenters. The zero-order chi connectivity index (χ0) is 26.1. The first-order valence-corrected chi connectivity index (χ1v) is 14.7. The first-order chi connectivity index (χ1) is 17.0. The van der Waals surface area contributed by atoms with Gasteiger partial charge in [0, 0.05) is 0 Å². The van der Waals surface area contributed by atoms with E-state index in [4.69, 9.17) is 11.2 Å². The predicted octanol–water partition coefficient (Wildman–Crippen LogP) is 6.61. The quantitative estimate of drug-likeness (QED) is 0.156. The van der Waals surface area contributed by atoms with E-state index in [-0.39, 0.29) is 17.5 Å². The fourth-order valence-corrected chi connectivity index (χ4v) is 11.1. The van der Waals surface area contributed by atoms with Gasteiger partial charge in [-0.1, -0.05) is 0 Å². The van der Waals surface area contributed by atoms with E-state index in [1.165, 1.54) is 12.1 Å². The number of nitro groups is 2. The average Bonchev–Trinajstić information content (AvgIpc) is 2.84. The van der Waals surface area contributed by atoms with Gasteiger partial charge in [0.15, 0.2) is 0 Å². The number of nitro benzene ring substituents is 2. The molecule has 184 valence electrons. The summed E-state index contributed by atoms with van der Waals surface area (Å²) in [5.41, 5.74) is 2.83. The van der Waals surface area contributed by atoms with Crippen molar-refractivity contribution in [2.75, 3.05) is 0 Å². The van der Waals surface area contributed by atoms with E-state index in [0.29, 0.717) is 5.56 Å². The summed E-state index contributed by atoms with van der Waals surface area (Å²) in [4.78, 5) is 22.1. The Balaban J connectivity index is 2.16. The predicted molar refractivity (Wildman–Crippen MR) is 149 cm³/mol. The molecule has 0 aliphatic carbocycles. The summed E-state index contributed by atoms with van der Waals surface area (Å²) < 4.78 is 0. The van der Waals surface area contributed by atoms with Gasteiger partial charge in [0.2, 0.25) is 0 Å². The molecule has 0 aliphatic heterocycles. The number of benzene rings is 4. The first-order valence-electron chi connectivity index (χ1n) is 11.4. The summed E-state index contributed by atoms with van der Waals surface area (Å²) >= 11 is 8.18.